The first-order valence-corrected chi connectivity index (χ1v) is 22.1. The van der Waals surface area contributed by atoms with Gasteiger partial charge in [0.2, 0.25) is 0 Å². The summed E-state index contributed by atoms with van der Waals surface area (Å²) < 4.78 is 22.2. The third-order valence-electron chi connectivity index (χ3n) is 12.6. The molecule has 12 rings (SSSR count). The van der Waals surface area contributed by atoms with Crippen LogP contribution in [-0.4, -0.2) is 4.98 Å². The molecule has 0 fully saturated rings. The van der Waals surface area contributed by atoms with Crippen LogP contribution in [0.1, 0.15) is 22.3 Å². The molecule has 1 spiro atoms. The van der Waals surface area contributed by atoms with Gasteiger partial charge in [0.15, 0.2) is 7.14 Å². The number of rotatable bonds is 5. The molecule has 0 saturated carbocycles. The molecule has 0 saturated heterocycles. The molecule has 1 aromatic heterocycles. The molecule has 0 amide bonds. The molecule has 1 aliphatic heterocycles. The monoisotopic (exact) mass is 785 g/mol. The number of fused-ring (bicyclic) bond motifs is 13. The highest BCUT2D eigenvalue weighted by Gasteiger charge is 2.51. The molecular formula is C56H36NO2P. The molecule has 0 radical (unpaired) electrons. The lowest BCUT2D eigenvalue weighted by atomic mass is 9.65. The van der Waals surface area contributed by atoms with Gasteiger partial charge in [0, 0.05) is 48.8 Å². The third-order valence-corrected chi connectivity index (χ3v) is 15.7. The molecule has 0 N–H and O–H groups in total. The van der Waals surface area contributed by atoms with Crippen LogP contribution in [0.5, 0.6) is 11.5 Å². The Balaban J connectivity index is 1.04. The summed E-state index contributed by atoms with van der Waals surface area (Å²) in [5.41, 5.74) is 11.7. The maximum atomic E-state index is 15.1. The molecule has 60 heavy (non-hydrogen) atoms. The quantitative estimate of drug-likeness (QED) is 0.129. The Kier molecular flexibility index (Phi) is 7.73. The molecule has 282 valence electrons. The Hall–Kier alpha value is -7.32. The van der Waals surface area contributed by atoms with Gasteiger partial charge < -0.3 is 9.30 Å². The van der Waals surface area contributed by atoms with Gasteiger partial charge in [-0.2, -0.15) is 0 Å². The minimum absolute atomic E-state index is 0.562. The zero-order valence-electron chi connectivity index (χ0n) is 32.5. The smallest absolute Gasteiger partial charge is 0.171 e. The Morgan fingerprint density at radius 3 is 1.68 bits per heavy atom. The highest BCUT2D eigenvalue weighted by atomic mass is 31.2. The minimum atomic E-state index is -3.09. The fourth-order valence-corrected chi connectivity index (χ4v) is 12.6. The summed E-state index contributed by atoms with van der Waals surface area (Å²) in [4.78, 5) is 5.38. The summed E-state index contributed by atoms with van der Waals surface area (Å²) in [6.07, 6.45) is 0. The molecular weight excluding hydrogens is 750 g/mol. The largest absolute Gasteiger partial charge is 0.456 e. The summed E-state index contributed by atoms with van der Waals surface area (Å²) in [7, 11) is -3.09. The Morgan fingerprint density at radius 1 is 0.417 bits per heavy atom. The van der Waals surface area contributed by atoms with Crippen molar-refractivity contribution in [3.63, 3.8) is 0 Å². The van der Waals surface area contributed by atoms with E-state index in [9.17, 15) is 0 Å². The van der Waals surface area contributed by atoms with Crippen LogP contribution in [0.4, 0.5) is 0 Å². The molecule has 9 aromatic carbocycles. The van der Waals surface area contributed by atoms with Crippen LogP contribution in [0, 0.1) is 0 Å². The lowest BCUT2D eigenvalue weighted by Gasteiger charge is -2.40. The van der Waals surface area contributed by atoms with Gasteiger partial charge in [0.05, 0.1) is 16.6 Å². The van der Waals surface area contributed by atoms with E-state index in [4.69, 9.17) is 9.72 Å². The maximum absolute atomic E-state index is 15.1. The summed E-state index contributed by atoms with van der Waals surface area (Å²) >= 11 is 0. The van der Waals surface area contributed by atoms with Gasteiger partial charge in [-0.1, -0.05) is 200 Å². The van der Waals surface area contributed by atoms with E-state index in [-0.39, 0.29) is 0 Å². The topological polar surface area (TPSA) is 39.2 Å². The van der Waals surface area contributed by atoms with Crippen LogP contribution >= 0.6 is 7.14 Å². The third kappa shape index (κ3) is 4.91. The number of ether oxygens (including phenoxy) is 1. The number of hydrogen-bond donors (Lipinski definition) is 0. The van der Waals surface area contributed by atoms with Crippen LogP contribution in [0.15, 0.2) is 218 Å². The van der Waals surface area contributed by atoms with Crippen molar-refractivity contribution in [1.29, 1.82) is 0 Å². The zero-order chi connectivity index (χ0) is 39.8. The number of para-hydroxylation sites is 2. The zero-order valence-corrected chi connectivity index (χ0v) is 33.4. The van der Waals surface area contributed by atoms with E-state index in [0.29, 0.717) is 0 Å². The molecule has 0 atom stereocenters. The van der Waals surface area contributed by atoms with Gasteiger partial charge >= 0.3 is 0 Å². The first kappa shape index (κ1) is 34.7. The summed E-state index contributed by atoms with van der Waals surface area (Å²) in [6, 6.07) is 75.7. The second-order valence-corrected chi connectivity index (χ2v) is 18.5. The fraction of sp³-hybridized carbons (Fsp3) is 0.0179. The van der Waals surface area contributed by atoms with E-state index in [1.54, 1.807) is 0 Å². The van der Waals surface area contributed by atoms with E-state index in [1.807, 2.05) is 72.8 Å². The average molecular weight is 786 g/mol. The molecule has 3 nitrogen and oxygen atoms in total. The predicted octanol–water partition coefficient (Wildman–Crippen LogP) is 12.8. The van der Waals surface area contributed by atoms with Crippen molar-refractivity contribution in [3.8, 4) is 45.0 Å². The van der Waals surface area contributed by atoms with E-state index in [2.05, 4.69) is 146 Å². The second-order valence-electron chi connectivity index (χ2n) is 15.7. The predicted molar refractivity (Wildman–Crippen MR) is 247 cm³/mol. The van der Waals surface area contributed by atoms with Crippen molar-refractivity contribution < 1.29 is 9.30 Å². The van der Waals surface area contributed by atoms with Crippen molar-refractivity contribution in [2.24, 2.45) is 0 Å². The Bertz CT molecular complexity index is 3290. The van der Waals surface area contributed by atoms with Gasteiger partial charge in [0.1, 0.15) is 11.5 Å². The number of hydrogen-bond acceptors (Lipinski definition) is 3. The van der Waals surface area contributed by atoms with Gasteiger partial charge in [0.25, 0.3) is 0 Å². The van der Waals surface area contributed by atoms with E-state index in [0.717, 1.165) is 82.6 Å². The van der Waals surface area contributed by atoms with Crippen molar-refractivity contribution in [2.45, 2.75) is 5.41 Å². The molecule has 0 unspecified atom stereocenters. The van der Waals surface area contributed by atoms with Crippen LogP contribution in [0.3, 0.4) is 0 Å². The van der Waals surface area contributed by atoms with Crippen molar-refractivity contribution in [3.05, 3.63) is 241 Å². The Labute approximate surface area is 348 Å². The number of pyridine rings is 1. The highest BCUT2D eigenvalue weighted by Crippen LogP contribution is 2.63. The number of aromatic nitrogens is 1. The molecule has 10 aromatic rings. The van der Waals surface area contributed by atoms with Gasteiger partial charge in [-0.25, -0.2) is 4.98 Å². The van der Waals surface area contributed by atoms with Crippen LogP contribution in [-0.2, 0) is 9.98 Å². The lowest BCUT2D eigenvalue weighted by Crippen LogP contribution is -2.32. The second kappa shape index (κ2) is 13.4. The number of nitrogens with zero attached hydrogens (tertiary/aromatic N) is 1. The number of benzene rings is 9. The van der Waals surface area contributed by atoms with Crippen molar-refractivity contribution in [2.75, 3.05) is 0 Å². The summed E-state index contributed by atoms with van der Waals surface area (Å²) in [5.74, 6) is 1.73. The highest BCUT2D eigenvalue weighted by molar-refractivity contribution is 7.85. The van der Waals surface area contributed by atoms with Crippen LogP contribution in [0.2, 0.25) is 0 Å². The van der Waals surface area contributed by atoms with Gasteiger partial charge in [-0.15, -0.1) is 0 Å². The van der Waals surface area contributed by atoms with Crippen LogP contribution < -0.4 is 20.7 Å². The minimum Gasteiger partial charge on any atom is -0.456 e. The average Bonchev–Trinajstić information content (AvgIpc) is 3.62. The molecule has 2 aliphatic rings. The first-order chi connectivity index (χ1) is 29.6. The summed E-state index contributed by atoms with van der Waals surface area (Å²) in [5, 5.41) is 5.58. The lowest BCUT2D eigenvalue weighted by molar-refractivity contribution is 0.442. The molecule has 1 aliphatic carbocycles. The maximum Gasteiger partial charge on any atom is 0.171 e. The SMILES string of the molecule is O=P(c1ccccc1)(c1ccccc1)c1ccc(-c2cccc(-c3nc4ccccc4c4c5c(ccc34)C3(c4ccccc4O5)c4ccccc4-c4ccccc43)c2)cc1. The fourth-order valence-electron chi connectivity index (χ4n) is 10.0. The van der Waals surface area contributed by atoms with Crippen molar-refractivity contribution in [1.82, 2.24) is 4.98 Å². The Morgan fingerprint density at radius 2 is 0.983 bits per heavy atom. The van der Waals surface area contributed by atoms with E-state index in [1.165, 1.54) is 22.3 Å². The summed E-state index contributed by atoms with van der Waals surface area (Å²) in [6.45, 7) is 0. The molecule has 0 bridgehead atoms. The van der Waals surface area contributed by atoms with E-state index < -0.39 is 12.6 Å². The normalized spacial score (nSPS) is 13.3. The molecule has 4 heteroatoms. The molecule has 2 heterocycles. The van der Waals surface area contributed by atoms with Crippen molar-refractivity contribution >= 4 is 44.7 Å². The standard InChI is InChI=1S/C56H36NO2P/c58-60(40-18-3-1-4-19-40,41-20-5-2-6-21-41)42-32-30-37(31-33-42)38-16-15-17-39(36-38)54-46-34-35-50-55(53(46)45-24-9-13-28-51(45)57-54)59-52-29-14-12-27-49(52)56(50)47-25-10-7-22-43(47)44-23-8-11-26-48(44)56/h1-36H. The first-order valence-electron chi connectivity index (χ1n) is 20.4. The van der Waals surface area contributed by atoms with Gasteiger partial charge in [-0.3, -0.25) is 0 Å². The van der Waals surface area contributed by atoms with Crippen LogP contribution in [0.25, 0.3) is 55.2 Å². The van der Waals surface area contributed by atoms with Gasteiger partial charge in [-0.05, 0) is 51.6 Å². The van der Waals surface area contributed by atoms with E-state index >= 15 is 4.57 Å².